The van der Waals surface area contributed by atoms with Gasteiger partial charge in [0, 0.05) is 18.7 Å². The van der Waals surface area contributed by atoms with Gasteiger partial charge in [0.05, 0.1) is 0 Å². The minimum atomic E-state index is 0.00355. The number of hydrogen-bond donors (Lipinski definition) is 1. The summed E-state index contributed by atoms with van der Waals surface area (Å²) >= 11 is 0. The normalized spacial score (nSPS) is 18.3. The van der Waals surface area contributed by atoms with Gasteiger partial charge < -0.3 is 24.3 Å². The first-order chi connectivity index (χ1) is 10.9. The van der Waals surface area contributed by atoms with Gasteiger partial charge in [-0.2, -0.15) is 0 Å². The number of fused-ring (bicyclic) bond motifs is 2. The second-order valence-corrected chi connectivity index (χ2v) is 5.28. The predicted octanol–water partition coefficient (Wildman–Crippen LogP) is 2.34. The van der Waals surface area contributed by atoms with Gasteiger partial charge in [-0.05, 0) is 18.2 Å². The van der Waals surface area contributed by atoms with Gasteiger partial charge in [0.1, 0.15) is 12.7 Å². The third-order valence-electron chi connectivity index (χ3n) is 3.73. The van der Waals surface area contributed by atoms with Crippen LogP contribution in [0.2, 0.25) is 0 Å². The van der Waals surface area contributed by atoms with Crippen molar-refractivity contribution in [1.82, 2.24) is 5.32 Å². The first kappa shape index (κ1) is 13.3. The highest BCUT2D eigenvalue weighted by Crippen LogP contribution is 2.35. The Morgan fingerprint density at radius 1 is 0.909 bits per heavy atom. The van der Waals surface area contributed by atoms with E-state index in [4.69, 9.17) is 18.9 Å². The summed E-state index contributed by atoms with van der Waals surface area (Å²) in [5.74, 6) is 3.26. The lowest BCUT2D eigenvalue weighted by atomic mass is 10.2. The zero-order valence-electron chi connectivity index (χ0n) is 12.1. The van der Waals surface area contributed by atoms with Crippen LogP contribution in [0.3, 0.4) is 0 Å². The molecular weight excluding hydrogens is 282 g/mol. The lowest BCUT2D eigenvalue weighted by Crippen LogP contribution is -2.38. The monoisotopic (exact) mass is 299 g/mol. The largest absolute Gasteiger partial charge is 0.486 e. The molecule has 0 bridgehead atoms. The predicted molar refractivity (Wildman–Crippen MR) is 80.6 cm³/mol. The Bertz CT molecular complexity index is 673. The number of para-hydroxylation sites is 3. The lowest BCUT2D eigenvalue weighted by Gasteiger charge is -2.26. The fourth-order valence-electron chi connectivity index (χ4n) is 2.66. The van der Waals surface area contributed by atoms with E-state index in [2.05, 4.69) is 5.32 Å². The molecule has 1 N–H and O–H groups in total. The van der Waals surface area contributed by atoms with Gasteiger partial charge in [-0.3, -0.25) is 0 Å². The van der Waals surface area contributed by atoms with E-state index in [0.717, 1.165) is 28.6 Å². The standard InChI is InChI=1S/C17H17NO4/c1-2-6-15-14(5-1)19-10-13(22-15)9-18-8-12-4-3-7-16-17(12)21-11-20-16/h1-7,13,18H,8-11H2/t13-/m0/s1. The number of rotatable bonds is 4. The molecule has 2 heterocycles. The van der Waals surface area contributed by atoms with E-state index in [9.17, 15) is 0 Å². The highest BCUT2D eigenvalue weighted by Gasteiger charge is 2.21. The van der Waals surface area contributed by atoms with E-state index in [0.29, 0.717) is 26.5 Å². The second kappa shape index (κ2) is 5.77. The molecule has 5 heteroatoms. The van der Waals surface area contributed by atoms with Gasteiger partial charge >= 0.3 is 0 Å². The van der Waals surface area contributed by atoms with Crippen LogP contribution in [0.5, 0.6) is 23.0 Å². The van der Waals surface area contributed by atoms with Gasteiger partial charge in [-0.15, -0.1) is 0 Å². The molecule has 2 aliphatic heterocycles. The zero-order chi connectivity index (χ0) is 14.8. The van der Waals surface area contributed by atoms with Gasteiger partial charge in [-0.25, -0.2) is 0 Å². The average Bonchev–Trinajstić information content (AvgIpc) is 3.04. The summed E-state index contributed by atoms with van der Waals surface area (Å²) in [6.45, 7) is 2.26. The fourth-order valence-corrected chi connectivity index (χ4v) is 2.66. The van der Waals surface area contributed by atoms with Gasteiger partial charge in [-0.1, -0.05) is 24.3 Å². The lowest BCUT2D eigenvalue weighted by molar-refractivity contribution is 0.0901. The Hall–Kier alpha value is -2.40. The minimum absolute atomic E-state index is 0.00355. The van der Waals surface area contributed by atoms with Crippen molar-refractivity contribution in [3.05, 3.63) is 48.0 Å². The van der Waals surface area contributed by atoms with Crippen LogP contribution in [0, 0.1) is 0 Å². The molecule has 0 spiro atoms. The summed E-state index contributed by atoms with van der Waals surface area (Å²) < 4.78 is 22.5. The molecule has 4 rings (SSSR count). The Morgan fingerprint density at radius 3 is 2.73 bits per heavy atom. The number of ether oxygens (including phenoxy) is 4. The maximum Gasteiger partial charge on any atom is 0.231 e. The molecule has 1 atom stereocenters. The molecule has 0 amide bonds. The van der Waals surface area contributed by atoms with Crippen molar-refractivity contribution in [2.75, 3.05) is 19.9 Å². The maximum absolute atomic E-state index is 5.92. The molecule has 0 saturated heterocycles. The van der Waals surface area contributed by atoms with Gasteiger partial charge in [0.15, 0.2) is 23.0 Å². The molecule has 22 heavy (non-hydrogen) atoms. The van der Waals surface area contributed by atoms with Crippen molar-refractivity contribution in [3.63, 3.8) is 0 Å². The summed E-state index contributed by atoms with van der Waals surface area (Å²) in [5, 5.41) is 3.39. The third-order valence-corrected chi connectivity index (χ3v) is 3.73. The van der Waals surface area contributed by atoms with E-state index in [-0.39, 0.29) is 6.10 Å². The number of nitrogens with one attached hydrogen (secondary N) is 1. The first-order valence-corrected chi connectivity index (χ1v) is 7.37. The van der Waals surface area contributed by atoms with Crippen molar-refractivity contribution < 1.29 is 18.9 Å². The number of benzene rings is 2. The first-order valence-electron chi connectivity index (χ1n) is 7.37. The van der Waals surface area contributed by atoms with Crippen LogP contribution in [0.4, 0.5) is 0 Å². The molecule has 2 aromatic carbocycles. The van der Waals surface area contributed by atoms with Crippen LogP contribution >= 0.6 is 0 Å². The molecule has 0 aromatic heterocycles. The van der Waals surface area contributed by atoms with Gasteiger partial charge in [0.2, 0.25) is 6.79 Å². The SMILES string of the molecule is c1ccc2c(c1)OC[C@H](CNCc1cccc3c1OCO3)O2. The van der Waals surface area contributed by atoms with Crippen molar-refractivity contribution in [1.29, 1.82) is 0 Å². The molecule has 0 aliphatic carbocycles. The zero-order valence-corrected chi connectivity index (χ0v) is 12.1. The highest BCUT2D eigenvalue weighted by molar-refractivity contribution is 5.48. The molecule has 2 aliphatic rings. The van der Waals surface area contributed by atoms with E-state index in [1.165, 1.54) is 0 Å². The van der Waals surface area contributed by atoms with Crippen molar-refractivity contribution in [2.24, 2.45) is 0 Å². The van der Waals surface area contributed by atoms with Gasteiger partial charge in [0.25, 0.3) is 0 Å². The van der Waals surface area contributed by atoms with Crippen LogP contribution in [-0.4, -0.2) is 26.0 Å². The highest BCUT2D eigenvalue weighted by atomic mass is 16.7. The summed E-state index contributed by atoms with van der Waals surface area (Å²) in [4.78, 5) is 0. The molecule has 0 saturated carbocycles. The summed E-state index contributed by atoms with van der Waals surface area (Å²) in [6.07, 6.45) is 0.00355. The van der Waals surface area contributed by atoms with Crippen LogP contribution in [0.1, 0.15) is 5.56 Å². The van der Waals surface area contributed by atoms with E-state index in [1.54, 1.807) is 0 Å². The van der Waals surface area contributed by atoms with E-state index in [1.807, 2.05) is 42.5 Å². The topological polar surface area (TPSA) is 49.0 Å². The smallest absolute Gasteiger partial charge is 0.231 e. The quantitative estimate of drug-likeness (QED) is 0.939. The Balaban J connectivity index is 1.34. The van der Waals surface area contributed by atoms with E-state index < -0.39 is 0 Å². The van der Waals surface area contributed by atoms with Crippen LogP contribution in [0.25, 0.3) is 0 Å². The van der Waals surface area contributed by atoms with Crippen LogP contribution in [-0.2, 0) is 6.54 Å². The van der Waals surface area contributed by atoms with Crippen molar-refractivity contribution >= 4 is 0 Å². The summed E-state index contributed by atoms with van der Waals surface area (Å²) in [6, 6.07) is 13.7. The summed E-state index contributed by atoms with van der Waals surface area (Å²) in [5.41, 5.74) is 1.09. The van der Waals surface area contributed by atoms with Crippen molar-refractivity contribution in [2.45, 2.75) is 12.6 Å². The maximum atomic E-state index is 5.92. The average molecular weight is 299 g/mol. The molecule has 0 fully saturated rings. The molecule has 5 nitrogen and oxygen atoms in total. The Morgan fingerprint density at radius 2 is 1.77 bits per heavy atom. The Kier molecular flexibility index (Phi) is 3.48. The molecule has 0 unspecified atom stereocenters. The summed E-state index contributed by atoms with van der Waals surface area (Å²) in [7, 11) is 0. The molecule has 0 radical (unpaired) electrons. The van der Waals surface area contributed by atoms with Crippen LogP contribution in [0.15, 0.2) is 42.5 Å². The molecule has 114 valence electrons. The Labute approximate surface area is 128 Å². The third kappa shape index (κ3) is 2.55. The molecular formula is C17H17NO4. The second-order valence-electron chi connectivity index (χ2n) is 5.28. The van der Waals surface area contributed by atoms with Crippen molar-refractivity contribution in [3.8, 4) is 23.0 Å². The minimum Gasteiger partial charge on any atom is -0.486 e. The fraction of sp³-hybridized carbons (Fsp3) is 0.294. The van der Waals surface area contributed by atoms with E-state index >= 15 is 0 Å². The molecule has 2 aromatic rings. The number of hydrogen-bond acceptors (Lipinski definition) is 5. The van der Waals surface area contributed by atoms with Crippen LogP contribution < -0.4 is 24.3 Å².